The fourth-order valence-electron chi connectivity index (χ4n) is 1.82. The molecule has 0 aliphatic carbocycles. The van der Waals surface area contributed by atoms with Crippen LogP contribution in [0.3, 0.4) is 0 Å². The molecule has 0 aliphatic heterocycles. The van der Waals surface area contributed by atoms with Crippen LogP contribution in [0.5, 0.6) is 0 Å². The number of halogens is 1. The third-order valence-corrected chi connectivity index (χ3v) is 2.72. The monoisotopic (exact) mass is 263 g/mol. The number of carboxylic acid groups (broad SMARTS) is 1. The zero-order valence-electron chi connectivity index (χ0n) is 10.5. The summed E-state index contributed by atoms with van der Waals surface area (Å²) in [5, 5.41) is 8.78. The predicted molar refractivity (Wildman–Crippen MR) is 67.2 cm³/mol. The minimum Gasteiger partial charge on any atom is -0.478 e. The minimum absolute atomic E-state index is 0.120. The van der Waals surface area contributed by atoms with Gasteiger partial charge in [-0.1, -0.05) is 18.2 Å². The van der Waals surface area contributed by atoms with Crippen molar-refractivity contribution in [3.63, 3.8) is 0 Å². The van der Waals surface area contributed by atoms with Gasteiger partial charge in [0.25, 0.3) is 0 Å². The third-order valence-electron chi connectivity index (χ3n) is 2.72. The van der Waals surface area contributed by atoms with E-state index in [4.69, 9.17) is 9.52 Å². The van der Waals surface area contributed by atoms with Gasteiger partial charge in [0.05, 0.1) is 12.1 Å². The van der Waals surface area contributed by atoms with Crippen LogP contribution < -0.4 is 0 Å². The number of hydrogen-bond acceptors (Lipinski definition) is 3. The molecule has 0 radical (unpaired) electrons. The summed E-state index contributed by atoms with van der Waals surface area (Å²) in [5.41, 5.74) is 0.712. The summed E-state index contributed by atoms with van der Waals surface area (Å²) in [5.74, 6) is -0.733. The van der Waals surface area contributed by atoms with Gasteiger partial charge in [-0.2, -0.15) is 0 Å². The van der Waals surface area contributed by atoms with Crippen molar-refractivity contribution in [3.05, 3.63) is 59.3 Å². The van der Waals surface area contributed by atoms with E-state index in [1.807, 2.05) is 11.9 Å². The molecule has 4 nitrogen and oxygen atoms in total. The van der Waals surface area contributed by atoms with E-state index in [9.17, 15) is 9.18 Å². The average Bonchev–Trinajstić information content (AvgIpc) is 2.80. The highest BCUT2D eigenvalue weighted by molar-refractivity contribution is 5.87. The van der Waals surface area contributed by atoms with Crippen LogP contribution in [-0.2, 0) is 13.1 Å². The molecule has 0 atom stereocenters. The van der Waals surface area contributed by atoms with Crippen LogP contribution in [0, 0.1) is 5.82 Å². The Kier molecular flexibility index (Phi) is 3.97. The van der Waals surface area contributed by atoms with Gasteiger partial charge in [-0.25, -0.2) is 9.18 Å². The second kappa shape index (κ2) is 5.67. The van der Waals surface area contributed by atoms with E-state index >= 15 is 0 Å². The summed E-state index contributed by atoms with van der Waals surface area (Å²) in [7, 11) is 1.81. The van der Waals surface area contributed by atoms with Crippen molar-refractivity contribution in [2.45, 2.75) is 13.1 Å². The average molecular weight is 263 g/mol. The lowest BCUT2D eigenvalue weighted by molar-refractivity contribution is 0.0696. The Morgan fingerprint density at radius 1 is 1.37 bits per heavy atom. The molecule has 1 aromatic carbocycles. The smallest absolute Gasteiger partial charge is 0.338 e. The Labute approximate surface area is 110 Å². The summed E-state index contributed by atoms with van der Waals surface area (Å²) < 4.78 is 18.6. The Morgan fingerprint density at radius 3 is 2.74 bits per heavy atom. The van der Waals surface area contributed by atoms with E-state index in [1.54, 1.807) is 18.2 Å². The molecule has 100 valence electrons. The summed E-state index contributed by atoms with van der Waals surface area (Å²) in [6.45, 7) is 0.845. The maximum absolute atomic E-state index is 13.5. The molecule has 2 rings (SSSR count). The molecule has 0 bridgehead atoms. The Morgan fingerprint density at radius 2 is 2.11 bits per heavy atom. The first-order valence-electron chi connectivity index (χ1n) is 5.79. The predicted octanol–water partition coefficient (Wildman–Crippen LogP) is 2.75. The molecule has 2 aromatic rings. The highest BCUT2D eigenvalue weighted by Gasteiger charge is 2.11. The van der Waals surface area contributed by atoms with Gasteiger partial charge in [0.1, 0.15) is 17.8 Å². The lowest BCUT2D eigenvalue weighted by atomic mass is 10.2. The number of rotatable bonds is 5. The maximum atomic E-state index is 13.5. The van der Waals surface area contributed by atoms with Crippen LogP contribution in [0.25, 0.3) is 0 Å². The quantitative estimate of drug-likeness (QED) is 0.901. The number of carboxylic acids is 1. The van der Waals surface area contributed by atoms with Crippen molar-refractivity contribution in [3.8, 4) is 0 Å². The summed E-state index contributed by atoms with van der Waals surface area (Å²) in [6.07, 6.45) is 1.20. The zero-order valence-corrected chi connectivity index (χ0v) is 10.5. The Balaban J connectivity index is 1.99. The van der Waals surface area contributed by atoms with E-state index in [0.29, 0.717) is 24.4 Å². The molecule has 5 heteroatoms. The van der Waals surface area contributed by atoms with E-state index in [1.165, 1.54) is 18.4 Å². The molecule has 1 aromatic heterocycles. The number of nitrogens with zero attached hydrogens (tertiary/aromatic N) is 1. The first-order chi connectivity index (χ1) is 9.06. The molecule has 0 unspecified atom stereocenters. The normalized spacial score (nSPS) is 10.9. The zero-order chi connectivity index (χ0) is 13.8. The molecular formula is C14H14FNO3. The van der Waals surface area contributed by atoms with Gasteiger partial charge in [-0.15, -0.1) is 0 Å². The van der Waals surface area contributed by atoms with Crippen LogP contribution in [-0.4, -0.2) is 23.0 Å². The third kappa shape index (κ3) is 3.42. The highest BCUT2D eigenvalue weighted by Crippen LogP contribution is 2.13. The molecule has 0 saturated heterocycles. The summed E-state index contributed by atoms with van der Waals surface area (Å²) in [4.78, 5) is 12.6. The van der Waals surface area contributed by atoms with E-state index in [-0.39, 0.29) is 11.4 Å². The van der Waals surface area contributed by atoms with Gasteiger partial charge in [-0.3, -0.25) is 4.90 Å². The number of benzene rings is 1. The molecule has 0 fully saturated rings. The molecule has 0 amide bonds. The first-order valence-corrected chi connectivity index (χ1v) is 5.79. The summed E-state index contributed by atoms with van der Waals surface area (Å²) in [6, 6.07) is 8.03. The van der Waals surface area contributed by atoms with E-state index < -0.39 is 5.97 Å². The largest absolute Gasteiger partial charge is 0.478 e. The van der Waals surface area contributed by atoms with Crippen molar-refractivity contribution in [1.29, 1.82) is 0 Å². The van der Waals surface area contributed by atoms with Crippen LogP contribution in [0.1, 0.15) is 21.7 Å². The Bertz CT molecular complexity index is 580. The standard InChI is InChI=1S/C14H14FNO3/c1-16(7-10-4-2-3-5-13(10)15)8-12-6-11(9-19-12)14(17)18/h2-6,9H,7-8H2,1H3,(H,17,18). The topological polar surface area (TPSA) is 53.7 Å². The second-order valence-electron chi connectivity index (χ2n) is 4.37. The lowest BCUT2D eigenvalue weighted by Crippen LogP contribution is -2.17. The number of hydrogen-bond donors (Lipinski definition) is 1. The van der Waals surface area contributed by atoms with E-state index in [0.717, 1.165) is 0 Å². The van der Waals surface area contributed by atoms with Crippen molar-refractivity contribution in [2.24, 2.45) is 0 Å². The molecule has 1 heterocycles. The van der Waals surface area contributed by atoms with Crippen LogP contribution in [0.4, 0.5) is 4.39 Å². The Hall–Kier alpha value is -2.14. The molecule has 0 saturated carbocycles. The van der Waals surface area contributed by atoms with Crippen molar-refractivity contribution < 1.29 is 18.7 Å². The fraction of sp³-hybridized carbons (Fsp3) is 0.214. The number of carbonyl (C=O) groups is 1. The molecule has 0 spiro atoms. The van der Waals surface area contributed by atoms with Gasteiger partial charge in [0.2, 0.25) is 0 Å². The number of aromatic carboxylic acids is 1. The van der Waals surface area contributed by atoms with Crippen molar-refractivity contribution >= 4 is 5.97 Å². The maximum Gasteiger partial charge on any atom is 0.338 e. The van der Waals surface area contributed by atoms with Crippen molar-refractivity contribution in [2.75, 3.05) is 7.05 Å². The van der Waals surface area contributed by atoms with Crippen LogP contribution in [0.15, 0.2) is 41.0 Å². The van der Waals surface area contributed by atoms with E-state index in [2.05, 4.69) is 0 Å². The minimum atomic E-state index is -1.02. The molecule has 19 heavy (non-hydrogen) atoms. The van der Waals surface area contributed by atoms with Gasteiger partial charge < -0.3 is 9.52 Å². The fourth-order valence-corrected chi connectivity index (χ4v) is 1.82. The van der Waals surface area contributed by atoms with Gasteiger partial charge in [-0.05, 0) is 19.2 Å². The van der Waals surface area contributed by atoms with Crippen LogP contribution in [0.2, 0.25) is 0 Å². The van der Waals surface area contributed by atoms with Crippen molar-refractivity contribution in [1.82, 2.24) is 4.90 Å². The summed E-state index contributed by atoms with van der Waals surface area (Å²) >= 11 is 0. The first kappa shape index (κ1) is 13.3. The van der Waals surface area contributed by atoms with Crippen LogP contribution >= 0.6 is 0 Å². The molecule has 1 N–H and O–H groups in total. The highest BCUT2D eigenvalue weighted by atomic mass is 19.1. The van der Waals surface area contributed by atoms with Gasteiger partial charge in [0.15, 0.2) is 0 Å². The SMILES string of the molecule is CN(Cc1cc(C(=O)O)co1)Cc1ccccc1F. The lowest BCUT2D eigenvalue weighted by Gasteiger charge is -2.15. The molecule has 0 aliphatic rings. The number of furan rings is 1. The van der Waals surface area contributed by atoms with Gasteiger partial charge in [0, 0.05) is 12.1 Å². The molecular weight excluding hydrogens is 249 g/mol. The second-order valence-corrected chi connectivity index (χ2v) is 4.37. The van der Waals surface area contributed by atoms with Gasteiger partial charge >= 0.3 is 5.97 Å².